The zero-order chi connectivity index (χ0) is 22.4. The lowest BCUT2D eigenvalue weighted by Gasteiger charge is -2.20. The van der Waals surface area contributed by atoms with Crippen LogP contribution < -0.4 is 19.7 Å². The second-order valence-electron chi connectivity index (χ2n) is 7.37. The van der Waals surface area contributed by atoms with Crippen molar-refractivity contribution >= 4 is 33.4 Å². The zero-order valence-electron chi connectivity index (χ0n) is 17.9. The molecule has 0 aliphatic carbocycles. The summed E-state index contributed by atoms with van der Waals surface area (Å²) in [4.78, 5) is 27.0. The summed E-state index contributed by atoms with van der Waals surface area (Å²) in [7, 11) is 3.19. The Morgan fingerprint density at radius 3 is 2.71 bits per heavy atom. The van der Waals surface area contributed by atoms with Crippen LogP contribution >= 0.6 is 15.9 Å². The Hall–Kier alpha value is -2.58. The summed E-state index contributed by atoms with van der Waals surface area (Å²) >= 11 is 3.42. The van der Waals surface area contributed by atoms with Gasteiger partial charge in [-0.2, -0.15) is 0 Å². The number of nitrogens with zero attached hydrogens (tertiary/aromatic N) is 1. The highest BCUT2D eigenvalue weighted by Gasteiger charge is 2.35. The fraction of sp³-hybridized carbons (Fsp3) is 0.391. The average molecular weight is 491 g/mol. The Kier molecular flexibility index (Phi) is 7.92. The fourth-order valence-corrected chi connectivity index (χ4v) is 3.89. The molecule has 1 fully saturated rings. The average Bonchev–Trinajstić information content (AvgIpc) is 3.16. The molecule has 8 heteroatoms. The molecule has 1 saturated heterocycles. The van der Waals surface area contributed by atoms with Crippen molar-refractivity contribution in [2.45, 2.75) is 19.4 Å². The molecule has 1 aliphatic heterocycles. The van der Waals surface area contributed by atoms with E-state index in [4.69, 9.17) is 14.2 Å². The van der Waals surface area contributed by atoms with Crippen LogP contribution in [0.5, 0.6) is 11.5 Å². The third kappa shape index (κ3) is 5.77. The monoisotopic (exact) mass is 490 g/mol. The molecule has 1 N–H and O–H groups in total. The molecule has 0 radical (unpaired) electrons. The van der Waals surface area contributed by atoms with E-state index in [1.165, 1.54) is 0 Å². The van der Waals surface area contributed by atoms with Crippen LogP contribution in [0, 0.1) is 5.92 Å². The maximum atomic E-state index is 12.8. The smallest absolute Gasteiger partial charge is 0.227 e. The number of carbonyl (C=O) groups is 2. The highest BCUT2D eigenvalue weighted by Crippen LogP contribution is 2.31. The number of hydrogen-bond donors (Lipinski definition) is 1. The van der Waals surface area contributed by atoms with Gasteiger partial charge in [-0.15, -0.1) is 0 Å². The molecule has 0 saturated carbocycles. The third-order valence-corrected chi connectivity index (χ3v) is 5.70. The van der Waals surface area contributed by atoms with Crippen molar-refractivity contribution < 1.29 is 23.8 Å². The number of carbonyl (C=O) groups excluding carboxylic acids is 2. The first-order valence-corrected chi connectivity index (χ1v) is 10.9. The number of halogens is 1. The highest BCUT2D eigenvalue weighted by atomic mass is 79.9. The quantitative estimate of drug-likeness (QED) is 0.542. The van der Waals surface area contributed by atoms with E-state index in [1.54, 1.807) is 19.1 Å². The molecule has 2 unspecified atom stereocenters. The molecule has 7 nitrogen and oxygen atoms in total. The van der Waals surface area contributed by atoms with E-state index in [9.17, 15) is 9.59 Å². The minimum absolute atomic E-state index is 0.0508. The van der Waals surface area contributed by atoms with Gasteiger partial charge in [0, 0.05) is 30.2 Å². The molecule has 0 aromatic heterocycles. The van der Waals surface area contributed by atoms with Gasteiger partial charge in [0.25, 0.3) is 0 Å². The number of nitrogens with one attached hydrogen (secondary N) is 1. The molecule has 2 aromatic rings. The van der Waals surface area contributed by atoms with E-state index in [0.29, 0.717) is 31.3 Å². The summed E-state index contributed by atoms with van der Waals surface area (Å²) in [6, 6.07) is 12.8. The number of hydrogen-bond acceptors (Lipinski definition) is 5. The molecule has 0 spiro atoms. The van der Waals surface area contributed by atoms with Crippen LogP contribution in [0.2, 0.25) is 0 Å². The molecule has 1 aliphatic rings. The molecule has 3 rings (SSSR count). The van der Waals surface area contributed by atoms with Gasteiger partial charge in [0.2, 0.25) is 11.8 Å². The van der Waals surface area contributed by atoms with Gasteiger partial charge in [-0.25, -0.2) is 0 Å². The molecular formula is C23H27BrN2O5. The van der Waals surface area contributed by atoms with E-state index in [2.05, 4.69) is 21.2 Å². The summed E-state index contributed by atoms with van der Waals surface area (Å²) < 4.78 is 17.0. The van der Waals surface area contributed by atoms with Crippen molar-refractivity contribution in [3.63, 3.8) is 0 Å². The van der Waals surface area contributed by atoms with E-state index >= 15 is 0 Å². The van der Waals surface area contributed by atoms with Gasteiger partial charge in [0.1, 0.15) is 6.61 Å². The van der Waals surface area contributed by atoms with Gasteiger partial charge in [-0.3, -0.25) is 9.59 Å². The van der Waals surface area contributed by atoms with Crippen molar-refractivity contribution in [1.29, 1.82) is 0 Å². The SMILES string of the molecule is COCCOc1ccc(C(C)NC(=O)C2CC(=O)N(c3cccc(Br)c3)C2)cc1OC. The Balaban J connectivity index is 1.63. The Morgan fingerprint density at radius 2 is 2.00 bits per heavy atom. The van der Waals surface area contributed by atoms with Crippen molar-refractivity contribution in [2.75, 3.05) is 38.9 Å². The first-order chi connectivity index (χ1) is 14.9. The predicted octanol–water partition coefficient (Wildman–Crippen LogP) is 3.71. The Morgan fingerprint density at radius 1 is 1.19 bits per heavy atom. The number of ether oxygens (including phenoxy) is 3. The van der Waals surface area contributed by atoms with E-state index in [-0.39, 0.29) is 24.3 Å². The van der Waals surface area contributed by atoms with Crippen molar-refractivity contribution in [3.8, 4) is 11.5 Å². The maximum Gasteiger partial charge on any atom is 0.227 e. The van der Waals surface area contributed by atoms with Crippen molar-refractivity contribution in [2.24, 2.45) is 5.92 Å². The number of rotatable bonds is 9. The normalized spacial score (nSPS) is 16.8. The van der Waals surface area contributed by atoms with Crippen LogP contribution in [0.25, 0.3) is 0 Å². The largest absolute Gasteiger partial charge is 0.493 e. The molecule has 2 atom stereocenters. The van der Waals surface area contributed by atoms with Gasteiger partial charge in [-0.1, -0.05) is 28.1 Å². The molecule has 2 aromatic carbocycles. The fourth-order valence-electron chi connectivity index (χ4n) is 3.50. The van der Waals surface area contributed by atoms with Gasteiger partial charge in [0.05, 0.1) is 25.7 Å². The molecule has 166 valence electrons. The topological polar surface area (TPSA) is 77.1 Å². The number of methoxy groups -OCH3 is 2. The highest BCUT2D eigenvalue weighted by molar-refractivity contribution is 9.10. The summed E-state index contributed by atoms with van der Waals surface area (Å²) in [5, 5.41) is 3.02. The zero-order valence-corrected chi connectivity index (χ0v) is 19.5. The standard InChI is InChI=1S/C23H27BrN2O5/c1-15(16-7-8-20(21(11-16)30-3)31-10-9-29-2)25-23(28)17-12-22(27)26(14-17)19-6-4-5-18(24)13-19/h4-8,11,13,15,17H,9-10,12,14H2,1-3H3,(H,25,28). The summed E-state index contributed by atoms with van der Waals surface area (Å²) in [5.74, 6) is 0.620. The van der Waals surface area contributed by atoms with Crippen LogP contribution in [0.1, 0.15) is 24.9 Å². The second kappa shape index (κ2) is 10.6. The third-order valence-electron chi connectivity index (χ3n) is 5.21. The van der Waals surface area contributed by atoms with Gasteiger partial charge in [0.15, 0.2) is 11.5 Å². The molecule has 0 bridgehead atoms. The van der Waals surface area contributed by atoms with Crippen molar-refractivity contribution in [3.05, 3.63) is 52.5 Å². The van der Waals surface area contributed by atoms with Gasteiger partial charge < -0.3 is 24.4 Å². The Bertz CT molecular complexity index is 936. The minimum Gasteiger partial charge on any atom is -0.493 e. The van der Waals surface area contributed by atoms with Crippen LogP contribution in [-0.2, 0) is 14.3 Å². The first kappa shape index (κ1) is 23.1. The van der Waals surface area contributed by atoms with Crippen LogP contribution in [0.4, 0.5) is 5.69 Å². The summed E-state index contributed by atoms with van der Waals surface area (Å²) in [5.41, 5.74) is 1.67. The molecule has 31 heavy (non-hydrogen) atoms. The number of anilines is 1. The number of amides is 2. The van der Waals surface area contributed by atoms with Crippen molar-refractivity contribution in [1.82, 2.24) is 5.32 Å². The van der Waals surface area contributed by atoms with E-state index in [1.807, 2.05) is 49.4 Å². The lowest BCUT2D eigenvalue weighted by Crippen LogP contribution is -2.34. The lowest BCUT2D eigenvalue weighted by molar-refractivity contribution is -0.126. The molecule has 1 heterocycles. The number of benzene rings is 2. The van der Waals surface area contributed by atoms with Gasteiger partial charge >= 0.3 is 0 Å². The van der Waals surface area contributed by atoms with Crippen LogP contribution in [-0.4, -0.2) is 45.8 Å². The first-order valence-electron chi connectivity index (χ1n) is 10.1. The summed E-state index contributed by atoms with van der Waals surface area (Å²) in [6.45, 7) is 3.17. The van der Waals surface area contributed by atoms with E-state index in [0.717, 1.165) is 15.7 Å². The minimum atomic E-state index is -0.396. The predicted molar refractivity (Wildman–Crippen MR) is 122 cm³/mol. The Labute approximate surface area is 190 Å². The van der Waals surface area contributed by atoms with Gasteiger partial charge in [-0.05, 0) is 42.8 Å². The van der Waals surface area contributed by atoms with E-state index < -0.39 is 5.92 Å². The maximum absolute atomic E-state index is 12.8. The van der Waals surface area contributed by atoms with Crippen LogP contribution in [0.15, 0.2) is 46.9 Å². The lowest BCUT2D eigenvalue weighted by atomic mass is 10.0. The van der Waals surface area contributed by atoms with Crippen LogP contribution in [0.3, 0.4) is 0 Å². The summed E-state index contributed by atoms with van der Waals surface area (Å²) in [6.07, 6.45) is 0.195. The molecular weight excluding hydrogens is 464 g/mol. The second-order valence-corrected chi connectivity index (χ2v) is 8.28. The molecule has 2 amide bonds.